The molecule has 0 saturated carbocycles. The van der Waals surface area contributed by atoms with E-state index >= 15 is 0 Å². The molecule has 3 nitrogen and oxygen atoms in total. The number of halogens is 1. The summed E-state index contributed by atoms with van der Waals surface area (Å²) < 4.78 is 5.51. The largest absolute Gasteiger partial charge is 0.459 e. The molecule has 0 amide bonds. The number of benzene rings is 2. The average Bonchev–Trinajstić information content (AvgIpc) is 2.96. The van der Waals surface area contributed by atoms with Crippen LogP contribution in [-0.4, -0.2) is 10.1 Å². The molecule has 4 aromatic rings. The van der Waals surface area contributed by atoms with Crippen molar-refractivity contribution in [2.24, 2.45) is 0 Å². The SMILES string of the molecule is OCc1cc2cc(-c3ccc4ccc(Cl)cc4n3)ccc2o1. The molecule has 2 aromatic carbocycles. The van der Waals surface area contributed by atoms with E-state index in [-0.39, 0.29) is 6.61 Å². The van der Waals surface area contributed by atoms with E-state index in [9.17, 15) is 0 Å². The van der Waals surface area contributed by atoms with Crippen LogP contribution in [0.2, 0.25) is 5.02 Å². The third kappa shape index (κ3) is 2.25. The lowest BCUT2D eigenvalue weighted by Gasteiger charge is -2.04. The van der Waals surface area contributed by atoms with Crippen molar-refractivity contribution in [3.63, 3.8) is 0 Å². The topological polar surface area (TPSA) is 46.3 Å². The maximum atomic E-state index is 9.15. The molecule has 4 heteroatoms. The molecule has 0 atom stereocenters. The minimum atomic E-state index is -0.100. The fourth-order valence-electron chi connectivity index (χ4n) is 2.59. The first-order chi connectivity index (χ1) is 10.7. The lowest BCUT2D eigenvalue weighted by atomic mass is 10.1. The van der Waals surface area contributed by atoms with Crippen LogP contribution >= 0.6 is 11.6 Å². The molecule has 0 aliphatic heterocycles. The van der Waals surface area contributed by atoms with Crippen molar-refractivity contribution in [2.45, 2.75) is 6.61 Å². The average molecular weight is 310 g/mol. The second-order valence-electron chi connectivity index (χ2n) is 5.16. The zero-order valence-corrected chi connectivity index (χ0v) is 12.3. The molecule has 22 heavy (non-hydrogen) atoms. The number of hydrogen-bond acceptors (Lipinski definition) is 3. The highest BCUT2D eigenvalue weighted by molar-refractivity contribution is 6.31. The van der Waals surface area contributed by atoms with Gasteiger partial charge in [0, 0.05) is 21.4 Å². The summed E-state index contributed by atoms with van der Waals surface area (Å²) in [5.74, 6) is 0.561. The normalized spacial score (nSPS) is 11.4. The maximum Gasteiger partial charge on any atom is 0.134 e. The van der Waals surface area contributed by atoms with E-state index < -0.39 is 0 Å². The molecule has 0 aliphatic carbocycles. The first-order valence-corrected chi connectivity index (χ1v) is 7.31. The monoisotopic (exact) mass is 309 g/mol. The fourth-order valence-corrected chi connectivity index (χ4v) is 2.75. The molecule has 108 valence electrons. The minimum Gasteiger partial charge on any atom is -0.459 e. The van der Waals surface area contributed by atoms with Crippen molar-refractivity contribution < 1.29 is 9.52 Å². The van der Waals surface area contributed by atoms with Gasteiger partial charge in [-0.3, -0.25) is 0 Å². The number of fused-ring (bicyclic) bond motifs is 2. The van der Waals surface area contributed by atoms with Crippen molar-refractivity contribution in [2.75, 3.05) is 0 Å². The summed E-state index contributed by atoms with van der Waals surface area (Å²) in [6, 6.07) is 17.4. The molecule has 4 rings (SSSR count). The molecule has 2 aromatic heterocycles. The summed E-state index contributed by atoms with van der Waals surface area (Å²) in [5, 5.41) is 11.8. The van der Waals surface area contributed by atoms with E-state index in [4.69, 9.17) is 21.1 Å². The Balaban J connectivity index is 1.86. The number of hydrogen-bond donors (Lipinski definition) is 1. The second-order valence-corrected chi connectivity index (χ2v) is 5.59. The van der Waals surface area contributed by atoms with Crippen LogP contribution in [0.25, 0.3) is 33.1 Å². The van der Waals surface area contributed by atoms with Crippen LogP contribution < -0.4 is 0 Å². The Hall–Kier alpha value is -2.36. The third-order valence-electron chi connectivity index (χ3n) is 3.67. The Morgan fingerprint density at radius 3 is 2.68 bits per heavy atom. The first kappa shape index (κ1) is 13.3. The molecule has 0 saturated heterocycles. The lowest BCUT2D eigenvalue weighted by Crippen LogP contribution is -1.85. The number of aliphatic hydroxyl groups is 1. The molecule has 1 N–H and O–H groups in total. The summed E-state index contributed by atoms with van der Waals surface area (Å²) in [7, 11) is 0. The van der Waals surface area contributed by atoms with E-state index in [1.165, 1.54) is 0 Å². The van der Waals surface area contributed by atoms with Gasteiger partial charge < -0.3 is 9.52 Å². The Morgan fingerprint density at radius 1 is 0.955 bits per heavy atom. The van der Waals surface area contributed by atoms with Crippen molar-refractivity contribution >= 4 is 33.5 Å². The van der Waals surface area contributed by atoms with Gasteiger partial charge in [0.25, 0.3) is 0 Å². The van der Waals surface area contributed by atoms with E-state index in [1.54, 1.807) is 0 Å². The lowest BCUT2D eigenvalue weighted by molar-refractivity contribution is 0.251. The van der Waals surface area contributed by atoms with Crippen LogP contribution in [0.4, 0.5) is 0 Å². The Kier molecular flexibility index (Phi) is 3.10. The zero-order valence-electron chi connectivity index (χ0n) is 11.6. The van der Waals surface area contributed by atoms with Gasteiger partial charge in [0.2, 0.25) is 0 Å². The Labute approximate surface area is 131 Å². The highest BCUT2D eigenvalue weighted by Gasteiger charge is 2.07. The van der Waals surface area contributed by atoms with E-state index in [2.05, 4.69) is 4.98 Å². The van der Waals surface area contributed by atoms with Gasteiger partial charge >= 0.3 is 0 Å². The van der Waals surface area contributed by atoms with Crippen LogP contribution in [0.5, 0.6) is 0 Å². The summed E-state index contributed by atoms with van der Waals surface area (Å²) in [6.45, 7) is -0.100. The van der Waals surface area contributed by atoms with Crippen LogP contribution in [0.1, 0.15) is 5.76 Å². The van der Waals surface area contributed by atoms with Crippen molar-refractivity contribution in [1.82, 2.24) is 4.98 Å². The predicted octanol–water partition coefficient (Wildman–Crippen LogP) is 4.79. The van der Waals surface area contributed by atoms with Gasteiger partial charge in [-0.1, -0.05) is 23.7 Å². The standard InChI is InChI=1S/C18H12ClNO2/c19-14-4-1-11-2-5-16(20-17(11)9-14)12-3-6-18-13(7-12)8-15(10-21)22-18/h1-9,21H,10H2. The van der Waals surface area contributed by atoms with Gasteiger partial charge in [-0.2, -0.15) is 0 Å². The second kappa shape index (κ2) is 5.13. The van der Waals surface area contributed by atoms with Gasteiger partial charge in [-0.05, 0) is 42.5 Å². The number of rotatable bonds is 2. The molecular formula is C18H12ClNO2. The van der Waals surface area contributed by atoms with Crippen LogP contribution in [0, 0.1) is 0 Å². The van der Waals surface area contributed by atoms with Gasteiger partial charge in [0.15, 0.2) is 0 Å². The zero-order chi connectivity index (χ0) is 15.1. The van der Waals surface area contributed by atoms with Crippen molar-refractivity contribution in [1.29, 1.82) is 0 Å². The molecule has 0 unspecified atom stereocenters. The minimum absolute atomic E-state index is 0.100. The van der Waals surface area contributed by atoms with Gasteiger partial charge in [-0.15, -0.1) is 0 Å². The number of pyridine rings is 1. The summed E-state index contributed by atoms with van der Waals surface area (Å²) in [5.41, 5.74) is 3.51. The van der Waals surface area contributed by atoms with Crippen LogP contribution in [-0.2, 0) is 6.61 Å². The third-order valence-corrected chi connectivity index (χ3v) is 3.91. The van der Waals surface area contributed by atoms with Gasteiger partial charge in [0.05, 0.1) is 11.2 Å². The first-order valence-electron chi connectivity index (χ1n) is 6.93. The molecule has 2 heterocycles. The smallest absolute Gasteiger partial charge is 0.134 e. The summed E-state index contributed by atoms with van der Waals surface area (Å²) in [4.78, 5) is 4.68. The summed E-state index contributed by atoms with van der Waals surface area (Å²) >= 11 is 6.04. The quantitative estimate of drug-likeness (QED) is 0.579. The summed E-state index contributed by atoms with van der Waals surface area (Å²) in [6.07, 6.45) is 0. The van der Waals surface area contributed by atoms with Crippen LogP contribution in [0.3, 0.4) is 0 Å². The Bertz CT molecular complexity index is 991. The molecule has 0 spiro atoms. The number of furan rings is 1. The van der Waals surface area contributed by atoms with Gasteiger partial charge in [0.1, 0.15) is 18.0 Å². The molecule has 0 aliphatic rings. The van der Waals surface area contributed by atoms with E-state index in [0.29, 0.717) is 10.8 Å². The Morgan fingerprint density at radius 2 is 1.82 bits per heavy atom. The molecule has 0 fully saturated rings. The molecule has 0 radical (unpaired) electrons. The predicted molar refractivity (Wildman–Crippen MR) is 87.9 cm³/mol. The van der Waals surface area contributed by atoms with Crippen molar-refractivity contribution in [3.05, 3.63) is 65.4 Å². The number of nitrogens with zero attached hydrogens (tertiary/aromatic N) is 1. The van der Waals surface area contributed by atoms with Gasteiger partial charge in [-0.25, -0.2) is 4.98 Å². The fraction of sp³-hybridized carbons (Fsp3) is 0.0556. The molecular weight excluding hydrogens is 298 g/mol. The van der Waals surface area contributed by atoms with E-state index in [0.717, 1.165) is 33.1 Å². The highest BCUT2D eigenvalue weighted by Crippen LogP contribution is 2.27. The highest BCUT2D eigenvalue weighted by atomic mass is 35.5. The number of aromatic nitrogens is 1. The molecule has 0 bridgehead atoms. The number of aliphatic hydroxyl groups excluding tert-OH is 1. The van der Waals surface area contributed by atoms with E-state index in [1.807, 2.05) is 54.6 Å². The van der Waals surface area contributed by atoms with Crippen molar-refractivity contribution in [3.8, 4) is 11.3 Å². The van der Waals surface area contributed by atoms with Crippen LogP contribution in [0.15, 0.2) is 59.0 Å². The maximum absolute atomic E-state index is 9.15.